The van der Waals surface area contributed by atoms with Gasteiger partial charge in [-0.05, 0) is 53.8 Å². The van der Waals surface area contributed by atoms with Gasteiger partial charge in [-0.1, -0.05) is 36.4 Å². The van der Waals surface area contributed by atoms with Gasteiger partial charge in [0.25, 0.3) is 10.0 Å². The first-order valence-electron chi connectivity index (χ1n) is 8.27. The third-order valence-electron chi connectivity index (χ3n) is 4.50. The summed E-state index contributed by atoms with van der Waals surface area (Å²) in [6.45, 7) is 0.518. The van der Waals surface area contributed by atoms with Crippen molar-refractivity contribution in [3.05, 3.63) is 78.6 Å². The Morgan fingerprint density at radius 3 is 2.44 bits per heavy atom. The first-order chi connectivity index (χ1) is 12.2. The molecule has 25 heavy (non-hydrogen) atoms. The summed E-state index contributed by atoms with van der Waals surface area (Å²) in [7, 11) is -3.56. The van der Waals surface area contributed by atoms with Gasteiger partial charge in [0.2, 0.25) is 0 Å². The highest BCUT2D eigenvalue weighted by Crippen LogP contribution is 2.32. The molecule has 4 nitrogen and oxygen atoms in total. The van der Waals surface area contributed by atoms with Gasteiger partial charge >= 0.3 is 0 Å². The van der Waals surface area contributed by atoms with Gasteiger partial charge in [0.05, 0.1) is 10.6 Å². The summed E-state index contributed by atoms with van der Waals surface area (Å²) in [5.74, 6) is 0. The molecule has 0 N–H and O–H groups in total. The predicted molar refractivity (Wildman–Crippen MR) is 99.0 cm³/mol. The molecule has 126 valence electrons. The Labute approximate surface area is 147 Å². The van der Waals surface area contributed by atoms with Gasteiger partial charge in [-0.3, -0.25) is 9.29 Å². The van der Waals surface area contributed by atoms with Crippen LogP contribution in [0.5, 0.6) is 0 Å². The third-order valence-corrected chi connectivity index (χ3v) is 6.33. The predicted octanol–water partition coefficient (Wildman–Crippen LogP) is 3.89. The van der Waals surface area contributed by atoms with Gasteiger partial charge in [-0.2, -0.15) is 0 Å². The van der Waals surface area contributed by atoms with Crippen molar-refractivity contribution in [1.82, 2.24) is 4.98 Å². The molecule has 0 bridgehead atoms. The number of sulfonamides is 1. The number of anilines is 1. The van der Waals surface area contributed by atoms with E-state index in [9.17, 15) is 8.42 Å². The second-order valence-corrected chi connectivity index (χ2v) is 7.94. The summed E-state index contributed by atoms with van der Waals surface area (Å²) in [4.78, 5) is 4.42. The molecule has 0 radical (unpaired) electrons. The summed E-state index contributed by atoms with van der Waals surface area (Å²) in [5, 5.41) is 0. The van der Waals surface area contributed by atoms with E-state index >= 15 is 0 Å². The average Bonchev–Trinajstić information content (AvgIpc) is 2.68. The van der Waals surface area contributed by atoms with Crippen molar-refractivity contribution in [3.8, 4) is 11.1 Å². The van der Waals surface area contributed by atoms with Crippen LogP contribution in [-0.2, 0) is 16.4 Å². The molecule has 2 heterocycles. The summed E-state index contributed by atoms with van der Waals surface area (Å²) in [6, 6.07) is 18.6. The smallest absolute Gasteiger partial charge is 0.264 e. The maximum atomic E-state index is 13.1. The second kappa shape index (κ2) is 6.33. The molecule has 1 aliphatic heterocycles. The zero-order valence-corrected chi connectivity index (χ0v) is 14.5. The number of hydrogen-bond donors (Lipinski definition) is 0. The van der Waals surface area contributed by atoms with Gasteiger partial charge in [-0.15, -0.1) is 0 Å². The van der Waals surface area contributed by atoms with Crippen LogP contribution in [0.25, 0.3) is 11.1 Å². The van der Waals surface area contributed by atoms with E-state index in [4.69, 9.17) is 0 Å². The van der Waals surface area contributed by atoms with E-state index in [0.29, 0.717) is 11.4 Å². The fourth-order valence-corrected chi connectivity index (χ4v) is 4.77. The van der Waals surface area contributed by atoms with Crippen LogP contribution in [0.15, 0.2) is 78.0 Å². The SMILES string of the molecule is O=S(=O)(c1ccc(-c2cccnc2)cc1)N1CCCc2ccccc21. The van der Waals surface area contributed by atoms with Crippen molar-refractivity contribution in [2.75, 3.05) is 10.8 Å². The average molecular weight is 350 g/mol. The molecule has 0 spiro atoms. The zero-order chi connectivity index (χ0) is 17.3. The third kappa shape index (κ3) is 2.91. The number of fused-ring (bicyclic) bond motifs is 1. The minimum Gasteiger partial charge on any atom is -0.266 e. The van der Waals surface area contributed by atoms with Crippen LogP contribution in [0.2, 0.25) is 0 Å². The molecule has 1 aliphatic rings. The lowest BCUT2D eigenvalue weighted by atomic mass is 10.0. The van der Waals surface area contributed by atoms with Gasteiger partial charge < -0.3 is 0 Å². The molecule has 5 heteroatoms. The number of aryl methyl sites for hydroxylation is 1. The molecule has 1 aromatic heterocycles. The number of para-hydroxylation sites is 1. The minimum atomic E-state index is -3.56. The highest BCUT2D eigenvalue weighted by Gasteiger charge is 2.28. The lowest BCUT2D eigenvalue weighted by Gasteiger charge is -2.30. The fourth-order valence-electron chi connectivity index (χ4n) is 3.23. The molecule has 0 atom stereocenters. The first-order valence-corrected chi connectivity index (χ1v) is 9.71. The zero-order valence-electron chi connectivity index (χ0n) is 13.7. The number of benzene rings is 2. The summed E-state index contributed by atoms with van der Waals surface area (Å²) < 4.78 is 27.8. The molecular formula is C20H18N2O2S. The molecule has 2 aromatic carbocycles. The van der Waals surface area contributed by atoms with Crippen molar-refractivity contribution < 1.29 is 8.42 Å². The Morgan fingerprint density at radius 1 is 0.880 bits per heavy atom. The van der Waals surface area contributed by atoms with Crippen LogP contribution in [0.4, 0.5) is 5.69 Å². The topological polar surface area (TPSA) is 50.3 Å². The lowest BCUT2D eigenvalue weighted by Crippen LogP contribution is -2.35. The van der Waals surface area contributed by atoms with E-state index in [2.05, 4.69) is 4.98 Å². The van der Waals surface area contributed by atoms with E-state index in [1.165, 1.54) is 4.31 Å². The Bertz CT molecular complexity index is 984. The van der Waals surface area contributed by atoms with Crippen LogP contribution >= 0.6 is 0 Å². The molecule has 0 saturated carbocycles. The number of nitrogens with zero attached hydrogens (tertiary/aromatic N) is 2. The maximum absolute atomic E-state index is 13.1. The minimum absolute atomic E-state index is 0.317. The molecule has 4 rings (SSSR count). The van der Waals surface area contributed by atoms with Crippen molar-refractivity contribution in [3.63, 3.8) is 0 Å². The Hall–Kier alpha value is -2.66. The highest BCUT2D eigenvalue weighted by atomic mass is 32.2. The molecule has 0 aliphatic carbocycles. The van der Waals surface area contributed by atoms with Gasteiger partial charge in [0.1, 0.15) is 0 Å². The second-order valence-electron chi connectivity index (χ2n) is 6.08. The fraction of sp³-hybridized carbons (Fsp3) is 0.150. The summed E-state index contributed by atoms with van der Waals surface area (Å²) in [6.07, 6.45) is 5.24. The normalized spacial score (nSPS) is 14.2. The highest BCUT2D eigenvalue weighted by molar-refractivity contribution is 7.92. The largest absolute Gasteiger partial charge is 0.266 e. The van der Waals surface area contributed by atoms with Crippen LogP contribution in [0, 0.1) is 0 Å². The number of hydrogen-bond acceptors (Lipinski definition) is 3. The Kier molecular flexibility index (Phi) is 4.01. The Morgan fingerprint density at radius 2 is 1.68 bits per heavy atom. The van der Waals surface area contributed by atoms with E-state index in [1.807, 2.05) is 48.5 Å². The van der Waals surface area contributed by atoms with Gasteiger partial charge in [-0.25, -0.2) is 8.42 Å². The Balaban J connectivity index is 1.70. The van der Waals surface area contributed by atoms with Crippen LogP contribution < -0.4 is 4.31 Å². The van der Waals surface area contributed by atoms with Crippen LogP contribution in [-0.4, -0.2) is 19.9 Å². The van der Waals surface area contributed by atoms with Crippen molar-refractivity contribution in [1.29, 1.82) is 0 Å². The number of rotatable bonds is 3. The lowest BCUT2D eigenvalue weighted by molar-refractivity contribution is 0.586. The van der Waals surface area contributed by atoms with E-state index in [-0.39, 0.29) is 0 Å². The standard InChI is InChI=1S/C20H18N2O2S/c23-25(24,22-14-4-7-17-5-1-2-8-20(17)22)19-11-9-16(10-12-19)18-6-3-13-21-15-18/h1-3,5-6,8-13,15H,4,7,14H2. The summed E-state index contributed by atoms with van der Waals surface area (Å²) in [5.41, 5.74) is 3.80. The van der Waals surface area contributed by atoms with Crippen molar-refractivity contribution in [2.45, 2.75) is 17.7 Å². The van der Waals surface area contributed by atoms with Crippen LogP contribution in [0.1, 0.15) is 12.0 Å². The number of pyridine rings is 1. The maximum Gasteiger partial charge on any atom is 0.264 e. The molecule has 0 fully saturated rings. The molecule has 3 aromatic rings. The summed E-state index contributed by atoms with van der Waals surface area (Å²) >= 11 is 0. The van der Waals surface area contributed by atoms with E-state index in [0.717, 1.165) is 35.2 Å². The van der Waals surface area contributed by atoms with Gasteiger partial charge in [0.15, 0.2) is 0 Å². The first kappa shape index (κ1) is 15.8. The molecule has 0 saturated heterocycles. The number of aromatic nitrogens is 1. The van der Waals surface area contributed by atoms with Gasteiger partial charge in [0, 0.05) is 18.9 Å². The molecule has 0 unspecified atom stereocenters. The van der Waals surface area contributed by atoms with Crippen molar-refractivity contribution in [2.24, 2.45) is 0 Å². The quantitative estimate of drug-likeness (QED) is 0.720. The van der Waals surface area contributed by atoms with Crippen LogP contribution in [0.3, 0.4) is 0 Å². The van der Waals surface area contributed by atoms with E-state index in [1.54, 1.807) is 24.5 Å². The molecule has 0 amide bonds. The monoisotopic (exact) mass is 350 g/mol. The van der Waals surface area contributed by atoms with Crippen molar-refractivity contribution >= 4 is 15.7 Å². The molecular weight excluding hydrogens is 332 g/mol. The van der Waals surface area contributed by atoms with E-state index < -0.39 is 10.0 Å².